The summed E-state index contributed by atoms with van der Waals surface area (Å²) in [4.78, 5) is 11.5. The Bertz CT molecular complexity index is 659. The number of nitrogens with one attached hydrogen (secondary N) is 1. The highest BCUT2D eigenvalue weighted by atomic mass is 79.9. The predicted molar refractivity (Wildman–Crippen MR) is 92.8 cm³/mol. The zero-order valence-corrected chi connectivity index (χ0v) is 14.1. The van der Waals surface area contributed by atoms with Crippen molar-refractivity contribution in [1.82, 2.24) is 5.32 Å². The van der Waals surface area contributed by atoms with Gasteiger partial charge in [0.1, 0.15) is 6.61 Å². The van der Waals surface area contributed by atoms with Gasteiger partial charge in [0.2, 0.25) is 0 Å². The molecule has 0 radical (unpaired) electrons. The van der Waals surface area contributed by atoms with Crippen molar-refractivity contribution >= 4 is 39.7 Å². The first-order valence-corrected chi connectivity index (χ1v) is 7.88. The Hall–Kier alpha value is -1.78. The summed E-state index contributed by atoms with van der Waals surface area (Å²) in [6.07, 6.45) is 3.22. The van der Waals surface area contributed by atoms with Crippen LogP contribution in [-0.2, 0) is 11.3 Å². The minimum atomic E-state index is -0.450. The standard InChI is InChI=1S/C17H15BrClNO2/c18-15-8-9-16(19)14(11-15)7-4-10-20-17(21)22-12-13-5-2-1-3-6-13/h1-9,11H,10,12H2,(H,20,21). The average molecular weight is 381 g/mol. The van der Waals surface area contributed by atoms with Gasteiger partial charge in [-0.25, -0.2) is 4.79 Å². The molecule has 0 aliphatic heterocycles. The minimum Gasteiger partial charge on any atom is -0.445 e. The molecule has 0 aliphatic carbocycles. The lowest BCUT2D eigenvalue weighted by molar-refractivity contribution is 0.141. The topological polar surface area (TPSA) is 38.3 Å². The predicted octanol–water partition coefficient (Wildman–Crippen LogP) is 5.04. The first-order valence-electron chi connectivity index (χ1n) is 6.71. The number of hydrogen-bond donors (Lipinski definition) is 1. The highest BCUT2D eigenvalue weighted by Gasteiger charge is 2.01. The molecule has 0 aromatic heterocycles. The summed E-state index contributed by atoms with van der Waals surface area (Å²) >= 11 is 9.46. The Morgan fingerprint density at radius 3 is 2.77 bits per heavy atom. The Balaban J connectivity index is 1.75. The minimum absolute atomic E-state index is 0.258. The number of halogens is 2. The highest BCUT2D eigenvalue weighted by Crippen LogP contribution is 2.21. The molecule has 0 unspecified atom stereocenters. The number of carbonyl (C=O) groups is 1. The van der Waals surface area contributed by atoms with Crippen molar-refractivity contribution in [1.29, 1.82) is 0 Å². The van der Waals surface area contributed by atoms with Crippen molar-refractivity contribution in [3.05, 3.63) is 75.2 Å². The fraction of sp³-hybridized carbons (Fsp3) is 0.118. The van der Waals surface area contributed by atoms with Gasteiger partial charge in [0.05, 0.1) is 0 Å². The molecule has 0 spiro atoms. The second-order valence-corrected chi connectivity index (χ2v) is 5.83. The Kier molecular flexibility index (Phi) is 6.49. The molecule has 5 heteroatoms. The van der Waals surface area contributed by atoms with Crippen molar-refractivity contribution in [2.75, 3.05) is 6.54 Å². The van der Waals surface area contributed by atoms with Crippen LogP contribution in [0.25, 0.3) is 6.08 Å². The molecule has 0 atom stereocenters. The van der Waals surface area contributed by atoms with Crippen LogP contribution < -0.4 is 5.32 Å². The number of amides is 1. The van der Waals surface area contributed by atoms with Crippen molar-refractivity contribution in [3.8, 4) is 0 Å². The lowest BCUT2D eigenvalue weighted by Gasteiger charge is -2.05. The van der Waals surface area contributed by atoms with Crippen LogP contribution in [0.5, 0.6) is 0 Å². The molecule has 0 saturated heterocycles. The zero-order chi connectivity index (χ0) is 15.8. The van der Waals surface area contributed by atoms with Gasteiger partial charge in [-0.2, -0.15) is 0 Å². The van der Waals surface area contributed by atoms with E-state index in [0.717, 1.165) is 15.6 Å². The van der Waals surface area contributed by atoms with E-state index < -0.39 is 6.09 Å². The number of alkyl carbamates (subject to hydrolysis) is 1. The van der Waals surface area contributed by atoms with E-state index in [1.807, 2.05) is 60.7 Å². The summed E-state index contributed by atoms with van der Waals surface area (Å²) < 4.78 is 6.06. The number of carbonyl (C=O) groups excluding carboxylic acids is 1. The number of benzene rings is 2. The fourth-order valence-corrected chi connectivity index (χ4v) is 2.30. The van der Waals surface area contributed by atoms with E-state index in [2.05, 4.69) is 21.2 Å². The maximum absolute atomic E-state index is 11.5. The monoisotopic (exact) mass is 379 g/mol. The second kappa shape index (κ2) is 8.61. The van der Waals surface area contributed by atoms with E-state index in [4.69, 9.17) is 16.3 Å². The van der Waals surface area contributed by atoms with Crippen molar-refractivity contribution in [3.63, 3.8) is 0 Å². The van der Waals surface area contributed by atoms with E-state index in [1.54, 1.807) is 0 Å². The molecule has 2 aromatic carbocycles. The first kappa shape index (κ1) is 16.6. The first-order chi connectivity index (χ1) is 10.6. The molecule has 0 saturated carbocycles. The Morgan fingerprint density at radius 1 is 1.23 bits per heavy atom. The average Bonchev–Trinajstić information content (AvgIpc) is 2.53. The molecule has 22 heavy (non-hydrogen) atoms. The largest absolute Gasteiger partial charge is 0.445 e. The molecule has 114 valence electrons. The summed E-state index contributed by atoms with van der Waals surface area (Å²) in [7, 11) is 0. The molecule has 1 N–H and O–H groups in total. The van der Waals surface area contributed by atoms with Crippen LogP contribution in [0.2, 0.25) is 5.02 Å². The zero-order valence-electron chi connectivity index (χ0n) is 11.8. The molecule has 0 fully saturated rings. The maximum atomic E-state index is 11.5. The van der Waals surface area contributed by atoms with Crippen molar-refractivity contribution < 1.29 is 9.53 Å². The molecular weight excluding hydrogens is 366 g/mol. The summed E-state index contributed by atoms with van der Waals surface area (Å²) in [6.45, 7) is 0.629. The van der Waals surface area contributed by atoms with Crippen LogP contribution in [0, 0.1) is 0 Å². The Labute approximate surface area is 143 Å². The maximum Gasteiger partial charge on any atom is 0.407 e. The normalized spacial score (nSPS) is 10.6. The third kappa shape index (κ3) is 5.54. The van der Waals surface area contributed by atoms with E-state index in [-0.39, 0.29) is 6.61 Å². The van der Waals surface area contributed by atoms with Crippen molar-refractivity contribution in [2.45, 2.75) is 6.61 Å². The molecular formula is C17H15BrClNO2. The lowest BCUT2D eigenvalue weighted by Crippen LogP contribution is -2.24. The van der Waals surface area contributed by atoms with Crippen LogP contribution >= 0.6 is 27.5 Å². The van der Waals surface area contributed by atoms with Crippen molar-refractivity contribution in [2.24, 2.45) is 0 Å². The lowest BCUT2D eigenvalue weighted by atomic mass is 10.2. The van der Waals surface area contributed by atoms with E-state index in [1.165, 1.54) is 0 Å². The number of rotatable bonds is 5. The van der Waals surface area contributed by atoms with Gasteiger partial charge in [0, 0.05) is 16.0 Å². The third-order valence-electron chi connectivity index (χ3n) is 2.83. The fourth-order valence-electron chi connectivity index (χ4n) is 1.74. The van der Waals surface area contributed by atoms with Gasteiger partial charge >= 0.3 is 6.09 Å². The molecule has 3 nitrogen and oxygen atoms in total. The number of ether oxygens (including phenoxy) is 1. The van der Waals surface area contributed by atoms with Gasteiger partial charge in [-0.3, -0.25) is 0 Å². The summed E-state index contributed by atoms with van der Waals surface area (Å²) in [5, 5.41) is 3.31. The van der Waals surface area contributed by atoms with E-state index in [9.17, 15) is 4.79 Å². The molecule has 2 aromatic rings. The second-order valence-electron chi connectivity index (χ2n) is 4.51. The smallest absolute Gasteiger partial charge is 0.407 e. The quantitative estimate of drug-likeness (QED) is 0.789. The molecule has 2 rings (SSSR count). The van der Waals surface area contributed by atoms with Crippen LogP contribution in [-0.4, -0.2) is 12.6 Å². The third-order valence-corrected chi connectivity index (χ3v) is 3.67. The van der Waals surface area contributed by atoms with Gasteiger partial charge in [-0.15, -0.1) is 0 Å². The van der Waals surface area contributed by atoms with Crippen LogP contribution in [0.1, 0.15) is 11.1 Å². The van der Waals surface area contributed by atoms with E-state index in [0.29, 0.717) is 11.6 Å². The van der Waals surface area contributed by atoms with Gasteiger partial charge in [0.15, 0.2) is 0 Å². The van der Waals surface area contributed by atoms with E-state index >= 15 is 0 Å². The van der Waals surface area contributed by atoms with Gasteiger partial charge < -0.3 is 10.1 Å². The SMILES string of the molecule is O=C(NCC=Cc1cc(Br)ccc1Cl)OCc1ccccc1. The number of hydrogen-bond acceptors (Lipinski definition) is 2. The van der Waals surface area contributed by atoms with Crippen LogP contribution in [0.15, 0.2) is 59.1 Å². The van der Waals surface area contributed by atoms with Crippen LogP contribution in [0.3, 0.4) is 0 Å². The summed E-state index contributed by atoms with van der Waals surface area (Å²) in [5.74, 6) is 0. The van der Waals surface area contributed by atoms with Gasteiger partial charge in [-0.05, 0) is 29.3 Å². The molecule has 0 aliphatic rings. The summed E-state index contributed by atoms with van der Waals surface area (Å²) in [6, 6.07) is 15.1. The molecule has 0 bridgehead atoms. The summed E-state index contributed by atoms with van der Waals surface area (Å²) in [5.41, 5.74) is 1.84. The molecule has 0 heterocycles. The molecule has 1 amide bonds. The van der Waals surface area contributed by atoms with Gasteiger partial charge in [0.25, 0.3) is 0 Å². The van der Waals surface area contributed by atoms with Gasteiger partial charge in [-0.1, -0.05) is 70.0 Å². The Morgan fingerprint density at radius 2 is 2.00 bits per heavy atom. The van der Waals surface area contributed by atoms with Crippen LogP contribution in [0.4, 0.5) is 4.79 Å². The highest BCUT2D eigenvalue weighted by molar-refractivity contribution is 9.10.